The molecule has 0 bridgehead atoms. The third-order valence-corrected chi connectivity index (χ3v) is 4.90. The van der Waals surface area contributed by atoms with Crippen LogP contribution in [0.25, 0.3) is 0 Å². The van der Waals surface area contributed by atoms with Crippen LogP contribution in [-0.2, 0) is 6.54 Å². The number of hydrogen-bond acceptors (Lipinski definition) is 3. The molecule has 0 saturated carbocycles. The fraction of sp³-hybridized carbons (Fsp3) is 0.421. The Morgan fingerprint density at radius 3 is 2.64 bits per heavy atom. The highest BCUT2D eigenvalue weighted by atomic mass is 127. The van der Waals surface area contributed by atoms with Crippen molar-refractivity contribution in [2.45, 2.75) is 26.3 Å². The average molecular weight is 472 g/mol. The molecular weight excluding hydrogens is 443 g/mol. The number of benzene rings is 1. The molecule has 1 heterocycles. The zero-order valence-corrected chi connectivity index (χ0v) is 18.6. The van der Waals surface area contributed by atoms with E-state index in [1.165, 1.54) is 16.1 Å². The Hall–Kier alpha value is -1.28. The molecular formula is C19H29IN4S. The van der Waals surface area contributed by atoms with E-state index < -0.39 is 0 Å². The van der Waals surface area contributed by atoms with E-state index in [1.807, 2.05) is 0 Å². The molecule has 0 amide bonds. The summed E-state index contributed by atoms with van der Waals surface area (Å²) in [6, 6.07) is 12.8. The normalized spacial score (nSPS) is 12.2. The van der Waals surface area contributed by atoms with E-state index in [0.29, 0.717) is 12.5 Å². The Morgan fingerprint density at radius 1 is 1.20 bits per heavy atom. The van der Waals surface area contributed by atoms with Crippen LogP contribution in [0.2, 0.25) is 0 Å². The molecule has 0 fully saturated rings. The van der Waals surface area contributed by atoms with Crippen LogP contribution in [0.1, 0.15) is 30.2 Å². The van der Waals surface area contributed by atoms with E-state index >= 15 is 0 Å². The largest absolute Gasteiger partial charge is 0.378 e. The first kappa shape index (κ1) is 21.8. The standard InChI is InChI=1S/C19H28N4S.HI/c1-5-20-19(21-13-15(2)18-10-7-11-24-18)22-14-16-8-6-9-17(12-16)23(3)4;/h6-12,15H,5,13-14H2,1-4H3,(H2,20,21,22);1H. The van der Waals surface area contributed by atoms with E-state index in [0.717, 1.165) is 19.0 Å². The van der Waals surface area contributed by atoms with Gasteiger partial charge in [0, 0.05) is 43.7 Å². The molecule has 6 heteroatoms. The Morgan fingerprint density at radius 2 is 2.00 bits per heavy atom. The molecule has 138 valence electrons. The van der Waals surface area contributed by atoms with Crippen molar-refractivity contribution in [3.63, 3.8) is 0 Å². The van der Waals surface area contributed by atoms with Crippen molar-refractivity contribution in [2.24, 2.45) is 4.99 Å². The fourth-order valence-corrected chi connectivity index (χ4v) is 3.15. The van der Waals surface area contributed by atoms with Crippen LogP contribution >= 0.6 is 35.3 Å². The minimum atomic E-state index is 0. The van der Waals surface area contributed by atoms with Crippen LogP contribution in [-0.4, -0.2) is 33.1 Å². The summed E-state index contributed by atoms with van der Waals surface area (Å²) in [5.41, 5.74) is 2.41. The third kappa shape index (κ3) is 7.23. The SMILES string of the molecule is CCNC(=NCc1cccc(N(C)C)c1)NCC(C)c1cccs1.I. The smallest absolute Gasteiger partial charge is 0.191 e. The van der Waals surface area contributed by atoms with Gasteiger partial charge in [-0.2, -0.15) is 0 Å². The van der Waals surface area contributed by atoms with Gasteiger partial charge in [0.15, 0.2) is 5.96 Å². The maximum absolute atomic E-state index is 4.72. The molecule has 1 unspecified atom stereocenters. The molecule has 2 rings (SSSR count). The topological polar surface area (TPSA) is 39.7 Å². The van der Waals surface area contributed by atoms with Gasteiger partial charge in [0.1, 0.15) is 0 Å². The third-order valence-electron chi connectivity index (χ3n) is 3.80. The molecule has 1 aromatic carbocycles. The quantitative estimate of drug-likeness (QED) is 0.359. The van der Waals surface area contributed by atoms with Gasteiger partial charge >= 0.3 is 0 Å². The first-order valence-corrected chi connectivity index (χ1v) is 9.30. The molecule has 1 atom stereocenters. The van der Waals surface area contributed by atoms with Crippen molar-refractivity contribution in [3.8, 4) is 0 Å². The molecule has 2 N–H and O–H groups in total. The summed E-state index contributed by atoms with van der Waals surface area (Å²) in [5, 5.41) is 8.90. The van der Waals surface area contributed by atoms with E-state index in [-0.39, 0.29) is 24.0 Å². The lowest BCUT2D eigenvalue weighted by Crippen LogP contribution is -2.39. The summed E-state index contributed by atoms with van der Waals surface area (Å²) < 4.78 is 0. The van der Waals surface area contributed by atoms with Crippen molar-refractivity contribution in [1.82, 2.24) is 10.6 Å². The minimum Gasteiger partial charge on any atom is -0.378 e. The van der Waals surface area contributed by atoms with Gasteiger partial charge in [0.2, 0.25) is 0 Å². The Labute approximate surface area is 172 Å². The number of guanidine groups is 1. The zero-order valence-electron chi connectivity index (χ0n) is 15.5. The maximum Gasteiger partial charge on any atom is 0.191 e. The van der Waals surface area contributed by atoms with Crippen LogP contribution in [0.15, 0.2) is 46.8 Å². The zero-order chi connectivity index (χ0) is 17.4. The van der Waals surface area contributed by atoms with E-state index in [9.17, 15) is 0 Å². The van der Waals surface area contributed by atoms with Crippen molar-refractivity contribution >= 4 is 47.0 Å². The Bertz CT molecular complexity index is 641. The van der Waals surface area contributed by atoms with Gasteiger partial charge in [-0.3, -0.25) is 0 Å². The van der Waals surface area contributed by atoms with Gasteiger partial charge in [-0.1, -0.05) is 25.1 Å². The first-order valence-electron chi connectivity index (χ1n) is 8.42. The molecule has 1 aromatic heterocycles. The van der Waals surface area contributed by atoms with Crippen LogP contribution in [0.5, 0.6) is 0 Å². The van der Waals surface area contributed by atoms with Gasteiger partial charge in [-0.25, -0.2) is 4.99 Å². The van der Waals surface area contributed by atoms with Gasteiger partial charge in [0.05, 0.1) is 6.54 Å². The summed E-state index contributed by atoms with van der Waals surface area (Å²) in [7, 11) is 4.11. The molecule has 25 heavy (non-hydrogen) atoms. The molecule has 0 aliphatic heterocycles. The number of anilines is 1. The first-order chi connectivity index (χ1) is 11.6. The molecule has 0 saturated heterocycles. The number of rotatable bonds is 7. The van der Waals surface area contributed by atoms with Crippen molar-refractivity contribution in [2.75, 3.05) is 32.1 Å². The summed E-state index contributed by atoms with van der Waals surface area (Å²) in [4.78, 5) is 8.23. The van der Waals surface area contributed by atoms with Gasteiger partial charge in [0.25, 0.3) is 0 Å². The highest BCUT2D eigenvalue weighted by molar-refractivity contribution is 14.0. The summed E-state index contributed by atoms with van der Waals surface area (Å²) in [6.07, 6.45) is 0. The predicted molar refractivity (Wildman–Crippen MR) is 122 cm³/mol. The van der Waals surface area contributed by atoms with Gasteiger partial charge in [-0.05, 0) is 36.1 Å². The number of halogens is 1. The molecule has 0 aliphatic carbocycles. The second-order valence-electron chi connectivity index (χ2n) is 6.06. The van der Waals surface area contributed by atoms with Crippen molar-refractivity contribution in [1.29, 1.82) is 0 Å². The number of nitrogens with zero attached hydrogens (tertiary/aromatic N) is 2. The second-order valence-corrected chi connectivity index (χ2v) is 7.04. The molecule has 2 aromatic rings. The number of thiophene rings is 1. The molecule has 0 aliphatic rings. The minimum absolute atomic E-state index is 0. The van der Waals surface area contributed by atoms with E-state index in [1.54, 1.807) is 11.3 Å². The number of nitrogens with one attached hydrogen (secondary N) is 2. The monoisotopic (exact) mass is 472 g/mol. The Kier molecular flexibility index (Phi) is 9.89. The second kappa shape index (κ2) is 11.4. The van der Waals surface area contributed by atoms with Gasteiger partial charge < -0.3 is 15.5 Å². The number of hydrogen-bond donors (Lipinski definition) is 2. The van der Waals surface area contributed by atoms with Crippen LogP contribution < -0.4 is 15.5 Å². The summed E-state index contributed by atoms with van der Waals surface area (Å²) >= 11 is 1.81. The Balaban J connectivity index is 0.00000312. The van der Waals surface area contributed by atoms with E-state index in [4.69, 9.17) is 4.99 Å². The summed E-state index contributed by atoms with van der Waals surface area (Å²) in [5.74, 6) is 1.35. The highest BCUT2D eigenvalue weighted by Gasteiger charge is 2.07. The molecule has 0 radical (unpaired) electrons. The molecule has 0 spiro atoms. The number of aliphatic imine (C=N–C) groups is 1. The van der Waals surface area contributed by atoms with Gasteiger partial charge in [-0.15, -0.1) is 35.3 Å². The summed E-state index contributed by atoms with van der Waals surface area (Å²) in [6.45, 7) is 6.74. The lowest BCUT2D eigenvalue weighted by Gasteiger charge is -2.15. The maximum atomic E-state index is 4.72. The van der Waals surface area contributed by atoms with E-state index in [2.05, 4.69) is 85.3 Å². The lowest BCUT2D eigenvalue weighted by molar-refractivity contribution is 0.709. The van der Waals surface area contributed by atoms with Crippen LogP contribution in [0.4, 0.5) is 5.69 Å². The molecule has 4 nitrogen and oxygen atoms in total. The fourth-order valence-electron chi connectivity index (χ4n) is 2.37. The predicted octanol–water partition coefficient (Wildman–Crippen LogP) is 4.29. The van der Waals surface area contributed by atoms with Crippen molar-refractivity contribution < 1.29 is 0 Å². The average Bonchev–Trinajstić information content (AvgIpc) is 3.12. The van der Waals surface area contributed by atoms with Crippen LogP contribution in [0.3, 0.4) is 0 Å². The highest BCUT2D eigenvalue weighted by Crippen LogP contribution is 2.19. The van der Waals surface area contributed by atoms with Crippen LogP contribution in [0, 0.1) is 0 Å². The van der Waals surface area contributed by atoms with Crippen molar-refractivity contribution in [3.05, 3.63) is 52.2 Å². The lowest BCUT2D eigenvalue weighted by atomic mass is 10.1.